The molecule has 0 spiro atoms. The first-order chi connectivity index (χ1) is 7.02. The maximum atomic E-state index is 11.5. The quantitative estimate of drug-likeness (QED) is 0.662. The molecule has 0 radical (unpaired) electrons. The molecule has 0 aliphatic heterocycles. The van der Waals surface area contributed by atoms with Crippen LogP contribution in [0.2, 0.25) is 0 Å². The Morgan fingerprint density at radius 1 is 1.33 bits per heavy atom. The van der Waals surface area contributed by atoms with E-state index in [4.69, 9.17) is 0 Å². The highest BCUT2D eigenvalue weighted by Gasteiger charge is 2.11. The molecule has 0 aromatic rings. The van der Waals surface area contributed by atoms with Crippen LogP contribution in [0.3, 0.4) is 0 Å². The molecule has 0 fully saturated rings. The van der Waals surface area contributed by atoms with Crippen LogP contribution in [-0.4, -0.2) is 41.6 Å². The molecule has 2 amide bonds. The molecular weight excluding hydrogens is 212 g/mol. The number of rotatable bonds is 6. The van der Waals surface area contributed by atoms with E-state index in [0.717, 1.165) is 0 Å². The van der Waals surface area contributed by atoms with E-state index in [-0.39, 0.29) is 17.1 Å². The van der Waals surface area contributed by atoms with Crippen LogP contribution in [0.4, 0.5) is 0 Å². The lowest BCUT2D eigenvalue weighted by molar-refractivity contribution is -0.130. The van der Waals surface area contributed by atoms with E-state index in [9.17, 15) is 9.59 Å². The van der Waals surface area contributed by atoms with Crippen LogP contribution >= 0.6 is 12.6 Å². The molecule has 0 saturated heterocycles. The Morgan fingerprint density at radius 2 is 1.87 bits per heavy atom. The summed E-state index contributed by atoms with van der Waals surface area (Å²) in [6.07, 6.45) is 0.355. The van der Waals surface area contributed by atoms with Gasteiger partial charge < -0.3 is 10.2 Å². The van der Waals surface area contributed by atoms with E-state index in [1.807, 2.05) is 13.8 Å². The minimum atomic E-state index is -0.325. The fourth-order valence-corrected chi connectivity index (χ4v) is 1.27. The van der Waals surface area contributed by atoms with E-state index < -0.39 is 0 Å². The van der Waals surface area contributed by atoms with Gasteiger partial charge in [0.15, 0.2) is 0 Å². The number of nitrogens with one attached hydrogen (secondary N) is 1. The van der Waals surface area contributed by atoms with E-state index >= 15 is 0 Å². The van der Waals surface area contributed by atoms with Crippen molar-refractivity contribution in [2.75, 3.05) is 19.6 Å². The Labute approximate surface area is 96.8 Å². The van der Waals surface area contributed by atoms with Crippen molar-refractivity contribution in [1.82, 2.24) is 10.2 Å². The minimum Gasteiger partial charge on any atom is -0.355 e. The molecule has 5 heteroatoms. The second-order valence-corrected chi connectivity index (χ2v) is 4.06. The molecular formula is C10H20N2O2S. The monoisotopic (exact) mass is 232 g/mol. The number of thiol groups is 1. The second-order valence-electron chi connectivity index (χ2n) is 3.28. The van der Waals surface area contributed by atoms with Gasteiger partial charge in [-0.1, -0.05) is 0 Å². The zero-order valence-corrected chi connectivity index (χ0v) is 10.5. The lowest BCUT2D eigenvalue weighted by atomic mass is 10.3. The normalized spacial score (nSPS) is 12.0. The van der Waals surface area contributed by atoms with E-state index in [1.165, 1.54) is 0 Å². The topological polar surface area (TPSA) is 49.4 Å². The summed E-state index contributed by atoms with van der Waals surface area (Å²) >= 11 is 3.99. The van der Waals surface area contributed by atoms with E-state index in [1.54, 1.807) is 11.8 Å². The standard InChI is InChI=1S/C10H20N2O2S/c1-4-12(5-2)9(13)6-7-11-10(14)8(3)15/h8,15H,4-7H2,1-3H3,(H,11,14). The van der Waals surface area contributed by atoms with Crippen molar-refractivity contribution in [2.24, 2.45) is 0 Å². The predicted molar refractivity (Wildman–Crippen MR) is 64.0 cm³/mol. The fourth-order valence-electron chi connectivity index (χ4n) is 1.17. The van der Waals surface area contributed by atoms with E-state index in [0.29, 0.717) is 26.1 Å². The Hall–Kier alpha value is -0.710. The highest BCUT2D eigenvalue weighted by molar-refractivity contribution is 7.81. The number of hydrogen-bond acceptors (Lipinski definition) is 3. The number of carbonyl (C=O) groups is 2. The van der Waals surface area contributed by atoms with Gasteiger partial charge >= 0.3 is 0 Å². The summed E-state index contributed by atoms with van der Waals surface area (Å²) in [5.41, 5.74) is 0. The van der Waals surface area contributed by atoms with Crippen LogP contribution < -0.4 is 5.32 Å². The summed E-state index contributed by atoms with van der Waals surface area (Å²) in [4.78, 5) is 24.4. The van der Waals surface area contributed by atoms with Gasteiger partial charge in [-0.05, 0) is 20.8 Å². The first-order valence-electron chi connectivity index (χ1n) is 5.26. The number of hydrogen-bond donors (Lipinski definition) is 2. The van der Waals surface area contributed by atoms with E-state index in [2.05, 4.69) is 17.9 Å². The van der Waals surface area contributed by atoms with Crippen molar-refractivity contribution < 1.29 is 9.59 Å². The van der Waals surface area contributed by atoms with Crippen molar-refractivity contribution in [3.63, 3.8) is 0 Å². The fraction of sp³-hybridized carbons (Fsp3) is 0.800. The van der Waals surface area contributed by atoms with Gasteiger partial charge in [-0.25, -0.2) is 0 Å². The maximum Gasteiger partial charge on any atom is 0.232 e. The third kappa shape index (κ3) is 5.67. The van der Waals surface area contributed by atoms with Gasteiger partial charge in [0.05, 0.1) is 5.25 Å². The first kappa shape index (κ1) is 14.3. The molecule has 1 atom stereocenters. The second kappa shape index (κ2) is 7.56. The molecule has 1 unspecified atom stereocenters. The Kier molecular flexibility index (Phi) is 7.21. The maximum absolute atomic E-state index is 11.5. The van der Waals surface area contributed by atoms with Crippen LogP contribution in [0.15, 0.2) is 0 Å². The molecule has 0 rings (SSSR count). The van der Waals surface area contributed by atoms with Crippen LogP contribution in [0.1, 0.15) is 27.2 Å². The lowest BCUT2D eigenvalue weighted by Gasteiger charge is -2.18. The predicted octanol–water partition coefficient (Wildman–Crippen LogP) is 0.679. The van der Waals surface area contributed by atoms with Crippen LogP contribution in [-0.2, 0) is 9.59 Å². The average molecular weight is 232 g/mol. The van der Waals surface area contributed by atoms with Crippen molar-refractivity contribution in [1.29, 1.82) is 0 Å². The summed E-state index contributed by atoms with van der Waals surface area (Å²) in [5.74, 6) is -0.0576. The molecule has 88 valence electrons. The number of carbonyl (C=O) groups excluding carboxylic acids is 2. The molecule has 0 aromatic carbocycles. The zero-order chi connectivity index (χ0) is 11.8. The molecule has 0 heterocycles. The van der Waals surface area contributed by atoms with Crippen molar-refractivity contribution in [3.05, 3.63) is 0 Å². The Balaban J connectivity index is 3.76. The van der Waals surface area contributed by atoms with Gasteiger partial charge in [0.2, 0.25) is 11.8 Å². The van der Waals surface area contributed by atoms with Crippen LogP contribution in [0.25, 0.3) is 0 Å². The van der Waals surface area contributed by atoms with Gasteiger partial charge in [0.25, 0.3) is 0 Å². The van der Waals surface area contributed by atoms with Gasteiger partial charge in [-0.15, -0.1) is 0 Å². The first-order valence-corrected chi connectivity index (χ1v) is 5.78. The molecule has 0 aliphatic rings. The van der Waals surface area contributed by atoms with Gasteiger partial charge in [0.1, 0.15) is 0 Å². The molecule has 15 heavy (non-hydrogen) atoms. The molecule has 0 aliphatic carbocycles. The lowest BCUT2D eigenvalue weighted by Crippen LogP contribution is -2.36. The van der Waals surface area contributed by atoms with Crippen molar-refractivity contribution in [3.8, 4) is 0 Å². The summed E-state index contributed by atoms with van der Waals surface area (Å²) in [6, 6.07) is 0. The Morgan fingerprint density at radius 3 is 2.27 bits per heavy atom. The van der Waals surface area contributed by atoms with Crippen LogP contribution in [0.5, 0.6) is 0 Å². The largest absolute Gasteiger partial charge is 0.355 e. The Bertz CT molecular complexity index is 215. The SMILES string of the molecule is CCN(CC)C(=O)CCNC(=O)C(C)S. The third-order valence-corrected chi connectivity index (χ3v) is 2.37. The summed E-state index contributed by atoms with van der Waals surface area (Å²) < 4.78 is 0. The highest BCUT2D eigenvalue weighted by atomic mass is 32.1. The highest BCUT2D eigenvalue weighted by Crippen LogP contribution is 1.94. The van der Waals surface area contributed by atoms with Crippen molar-refractivity contribution in [2.45, 2.75) is 32.4 Å². The average Bonchev–Trinajstić information content (AvgIpc) is 2.19. The number of amides is 2. The van der Waals surface area contributed by atoms with Crippen molar-refractivity contribution >= 4 is 24.4 Å². The molecule has 0 aromatic heterocycles. The van der Waals surface area contributed by atoms with Gasteiger partial charge in [-0.3, -0.25) is 9.59 Å². The third-order valence-electron chi connectivity index (χ3n) is 2.13. The molecule has 4 nitrogen and oxygen atoms in total. The summed E-state index contributed by atoms with van der Waals surface area (Å²) in [6.45, 7) is 7.40. The zero-order valence-electron chi connectivity index (χ0n) is 9.62. The van der Waals surface area contributed by atoms with Gasteiger partial charge in [0, 0.05) is 26.1 Å². The molecule has 0 saturated carbocycles. The summed E-state index contributed by atoms with van der Waals surface area (Å²) in [7, 11) is 0. The van der Waals surface area contributed by atoms with Gasteiger partial charge in [-0.2, -0.15) is 12.6 Å². The van der Waals surface area contributed by atoms with Crippen LogP contribution in [0, 0.1) is 0 Å². The number of nitrogens with zero attached hydrogens (tertiary/aromatic N) is 1. The molecule has 1 N–H and O–H groups in total. The minimum absolute atomic E-state index is 0.0760. The summed E-state index contributed by atoms with van der Waals surface area (Å²) in [5, 5.41) is 2.33. The molecule has 0 bridgehead atoms. The smallest absolute Gasteiger partial charge is 0.232 e.